The fourth-order valence-electron chi connectivity index (χ4n) is 2.22. The van der Waals surface area contributed by atoms with Gasteiger partial charge in [0, 0.05) is 6.42 Å². The Kier molecular flexibility index (Phi) is 5.26. The van der Waals surface area contributed by atoms with E-state index < -0.39 is 6.10 Å². The third-order valence-electron chi connectivity index (χ3n) is 3.46. The number of rotatable bonds is 5. The molecule has 0 heterocycles. The van der Waals surface area contributed by atoms with E-state index in [1.807, 2.05) is 43.3 Å². The Balaban J connectivity index is 2.17. The second-order valence-electron chi connectivity index (χ2n) is 4.92. The number of halogens is 1. The monoisotopic (exact) mass is 350 g/mol. The van der Waals surface area contributed by atoms with Crippen molar-refractivity contribution in [1.82, 2.24) is 0 Å². The summed E-state index contributed by atoms with van der Waals surface area (Å²) >= 11 is 3.46. The lowest BCUT2D eigenvalue weighted by molar-refractivity contribution is 0.178. The Morgan fingerprint density at radius 2 is 1.76 bits per heavy atom. The molecular weight excluding hydrogens is 332 g/mol. The van der Waals surface area contributed by atoms with Gasteiger partial charge in [0.25, 0.3) is 0 Å². The fourth-order valence-corrected chi connectivity index (χ4v) is 2.81. The van der Waals surface area contributed by atoms with Crippen LogP contribution in [-0.2, 0) is 6.42 Å². The van der Waals surface area contributed by atoms with Crippen LogP contribution in [0.3, 0.4) is 0 Å². The van der Waals surface area contributed by atoms with Crippen molar-refractivity contribution in [3.8, 4) is 11.5 Å². The Morgan fingerprint density at radius 1 is 1.05 bits per heavy atom. The minimum absolute atomic E-state index is 0.537. The molecule has 0 amide bonds. The third-order valence-corrected chi connectivity index (χ3v) is 4.08. The van der Waals surface area contributed by atoms with Crippen molar-refractivity contribution in [3.63, 3.8) is 0 Å². The van der Waals surface area contributed by atoms with E-state index >= 15 is 0 Å². The summed E-state index contributed by atoms with van der Waals surface area (Å²) in [6, 6.07) is 11.6. The van der Waals surface area contributed by atoms with Crippen LogP contribution in [0.5, 0.6) is 11.5 Å². The second kappa shape index (κ2) is 6.96. The Bertz CT molecular complexity index is 625. The van der Waals surface area contributed by atoms with Gasteiger partial charge < -0.3 is 14.6 Å². The van der Waals surface area contributed by atoms with Crippen molar-refractivity contribution in [2.24, 2.45) is 0 Å². The molecule has 0 aromatic heterocycles. The normalized spacial score (nSPS) is 12.0. The first kappa shape index (κ1) is 15.9. The van der Waals surface area contributed by atoms with Gasteiger partial charge in [0.2, 0.25) is 0 Å². The van der Waals surface area contributed by atoms with Crippen LogP contribution in [0.2, 0.25) is 0 Å². The largest absolute Gasteiger partial charge is 0.496 e. The summed E-state index contributed by atoms with van der Waals surface area (Å²) < 4.78 is 11.4. The van der Waals surface area contributed by atoms with E-state index in [1.165, 1.54) is 0 Å². The molecule has 21 heavy (non-hydrogen) atoms. The summed E-state index contributed by atoms with van der Waals surface area (Å²) in [5.41, 5.74) is 2.94. The van der Waals surface area contributed by atoms with Crippen molar-refractivity contribution >= 4 is 15.9 Å². The highest BCUT2D eigenvalue weighted by Gasteiger charge is 2.12. The van der Waals surface area contributed by atoms with Crippen LogP contribution in [0, 0.1) is 6.92 Å². The Hall–Kier alpha value is -1.52. The molecule has 2 aromatic carbocycles. The van der Waals surface area contributed by atoms with Gasteiger partial charge in [0.15, 0.2) is 0 Å². The van der Waals surface area contributed by atoms with E-state index in [-0.39, 0.29) is 0 Å². The van der Waals surface area contributed by atoms with Crippen molar-refractivity contribution in [2.75, 3.05) is 14.2 Å². The Morgan fingerprint density at radius 3 is 2.38 bits per heavy atom. The van der Waals surface area contributed by atoms with Crippen LogP contribution < -0.4 is 9.47 Å². The third kappa shape index (κ3) is 3.77. The number of aliphatic hydroxyl groups is 1. The van der Waals surface area contributed by atoms with E-state index in [0.717, 1.165) is 32.7 Å². The number of benzene rings is 2. The lowest BCUT2D eigenvalue weighted by Crippen LogP contribution is -2.03. The molecule has 0 aliphatic carbocycles. The molecule has 0 bridgehead atoms. The lowest BCUT2D eigenvalue weighted by atomic mass is 10.00. The van der Waals surface area contributed by atoms with E-state index in [0.29, 0.717) is 6.42 Å². The molecule has 2 rings (SSSR count). The van der Waals surface area contributed by atoms with Gasteiger partial charge in [-0.05, 0) is 57.7 Å². The van der Waals surface area contributed by atoms with Crippen LogP contribution in [0.25, 0.3) is 0 Å². The maximum absolute atomic E-state index is 10.4. The molecule has 0 spiro atoms. The zero-order valence-electron chi connectivity index (χ0n) is 12.4. The predicted molar refractivity (Wildman–Crippen MR) is 87.1 cm³/mol. The summed E-state index contributed by atoms with van der Waals surface area (Å²) in [4.78, 5) is 0. The quantitative estimate of drug-likeness (QED) is 0.883. The lowest BCUT2D eigenvalue weighted by Gasteiger charge is -2.14. The SMILES string of the molecule is COc1cc(C(O)Cc2ccc(OC)c(Br)c2)ccc1C. The van der Waals surface area contributed by atoms with Gasteiger partial charge in [-0.25, -0.2) is 0 Å². The number of aliphatic hydroxyl groups excluding tert-OH is 1. The van der Waals surface area contributed by atoms with Crippen molar-refractivity contribution in [3.05, 3.63) is 57.6 Å². The highest BCUT2D eigenvalue weighted by atomic mass is 79.9. The first-order chi connectivity index (χ1) is 10.0. The van der Waals surface area contributed by atoms with Gasteiger partial charge in [-0.3, -0.25) is 0 Å². The summed E-state index contributed by atoms with van der Waals surface area (Å²) in [6.45, 7) is 1.98. The van der Waals surface area contributed by atoms with Crippen LogP contribution in [-0.4, -0.2) is 19.3 Å². The molecule has 0 aliphatic heterocycles. The van der Waals surface area contributed by atoms with E-state index in [9.17, 15) is 5.11 Å². The van der Waals surface area contributed by atoms with Gasteiger partial charge >= 0.3 is 0 Å². The van der Waals surface area contributed by atoms with Gasteiger partial charge in [0.1, 0.15) is 11.5 Å². The minimum Gasteiger partial charge on any atom is -0.496 e. The smallest absolute Gasteiger partial charge is 0.133 e. The molecule has 3 nitrogen and oxygen atoms in total. The van der Waals surface area contributed by atoms with E-state index in [2.05, 4.69) is 15.9 Å². The first-order valence-corrected chi connectivity index (χ1v) is 7.49. The average molecular weight is 351 g/mol. The topological polar surface area (TPSA) is 38.7 Å². The molecule has 0 saturated heterocycles. The summed E-state index contributed by atoms with van der Waals surface area (Å²) in [5.74, 6) is 1.58. The summed E-state index contributed by atoms with van der Waals surface area (Å²) in [7, 11) is 3.27. The fraction of sp³-hybridized carbons (Fsp3) is 0.294. The van der Waals surface area contributed by atoms with Crippen molar-refractivity contribution in [2.45, 2.75) is 19.4 Å². The molecular formula is C17H19BrO3. The van der Waals surface area contributed by atoms with Crippen LogP contribution in [0.4, 0.5) is 0 Å². The number of aryl methyl sites for hydroxylation is 1. The second-order valence-corrected chi connectivity index (χ2v) is 5.77. The standard InChI is InChI=1S/C17H19BrO3/c1-11-4-6-13(10-17(11)21-3)15(19)9-12-5-7-16(20-2)14(18)8-12/h4-8,10,15,19H,9H2,1-3H3. The van der Waals surface area contributed by atoms with E-state index in [4.69, 9.17) is 9.47 Å². The molecule has 1 atom stereocenters. The first-order valence-electron chi connectivity index (χ1n) is 6.70. The van der Waals surface area contributed by atoms with Gasteiger partial charge in [-0.2, -0.15) is 0 Å². The number of methoxy groups -OCH3 is 2. The van der Waals surface area contributed by atoms with Crippen LogP contribution in [0.15, 0.2) is 40.9 Å². The summed E-state index contributed by atoms with van der Waals surface area (Å²) in [5, 5.41) is 10.4. The maximum atomic E-state index is 10.4. The molecule has 1 unspecified atom stereocenters. The number of hydrogen-bond acceptors (Lipinski definition) is 3. The van der Waals surface area contributed by atoms with Crippen LogP contribution >= 0.6 is 15.9 Å². The number of ether oxygens (including phenoxy) is 2. The molecule has 4 heteroatoms. The molecule has 112 valence electrons. The zero-order chi connectivity index (χ0) is 15.4. The van der Waals surface area contributed by atoms with Crippen LogP contribution in [0.1, 0.15) is 22.8 Å². The molecule has 1 N–H and O–H groups in total. The highest BCUT2D eigenvalue weighted by Crippen LogP contribution is 2.29. The summed E-state index contributed by atoms with van der Waals surface area (Å²) in [6.07, 6.45) is -0.0331. The maximum Gasteiger partial charge on any atom is 0.133 e. The molecule has 0 saturated carbocycles. The molecule has 0 radical (unpaired) electrons. The molecule has 2 aromatic rings. The zero-order valence-corrected chi connectivity index (χ0v) is 14.0. The van der Waals surface area contributed by atoms with Gasteiger partial charge in [-0.15, -0.1) is 0 Å². The van der Waals surface area contributed by atoms with Crippen molar-refractivity contribution in [1.29, 1.82) is 0 Å². The number of hydrogen-bond donors (Lipinski definition) is 1. The van der Waals surface area contributed by atoms with Crippen molar-refractivity contribution < 1.29 is 14.6 Å². The highest BCUT2D eigenvalue weighted by molar-refractivity contribution is 9.10. The predicted octanol–water partition coefficient (Wildman–Crippen LogP) is 4.05. The molecule has 0 fully saturated rings. The van der Waals surface area contributed by atoms with Gasteiger partial charge in [-0.1, -0.05) is 18.2 Å². The van der Waals surface area contributed by atoms with Gasteiger partial charge in [0.05, 0.1) is 24.8 Å². The van der Waals surface area contributed by atoms with E-state index in [1.54, 1.807) is 14.2 Å². The minimum atomic E-state index is -0.570. The molecule has 0 aliphatic rings. The Labute approximate surface area is 133 Å². The average Bonchev–Trinajstić information content (AvgIpc) is 2.48.